The highest BCUT2D eigenvalue weighted by Crippen LogP contribution is 2.35. The number of rotatable bonds is 4. The number of anilines is 1. The highest BCUT2D eigenvalue weighted by Gasteiger charge is 2.28. The van der Waals surface area contributed by atoms with Crippen molar-refractivity contribution in [3.8, 4) is 11.5 Å². The van der Waals surface area contributed by atoms with Crippen LogP contribution in [0.5, 0.6) is 11.5 Å². The molecule has 2 aromatic rings. The summed E-state index contributed by atoms with van der Waals surface area (Å²) >= 11 is 0. The van der Waals surface area contributed by atoms with Gasteiger partial charge in [-0.1, -0.05) is 30.3 Å². The van der Waals surface area contributed by atoms with E-state index in [0.717, 1.165) is 42.9 Å². The first kappa shape index (κ1) is 14.9. The van der Waals surface area contributed by atoms with Gasteiger partial charge in [-0.25, -0.2) is 0 Å². The topological polar surface area (TPSA) is 50.8 Å². The maximum atomic E-state index is 13.0. The van der Waals surface area contributed by atoms with Gasteiger partial charge in [0.25, 0.3) is 0 Å². The van der Waals surface area contributed by atoms with E-state index < -0.39 is 6.04 Å². The molecule has 1 saturated heterocycles. The van der Waals surface area contributed by atoms with Gasteiger partial charge >= 0.3 is 0 Å². The number of hydrogen-bond acceptors (Lipinski definition) is 4. The van der Waals surface area contributed by atoms with Crippen molar-refractivity contribution in [1.82, 2.24) is 4.90 Å². The van der Waals surface area contributed by atoms with E-state index in [1.807, 2.05) is 53.4 Å². The Morgan fingerprint density at radius 2 is 1.75 bits per heavy atom. The summed E-state index contributed by atoms with van der Waals surface area (Å²) in [6, 6.07) is 15.1. The van der Waals surface area contributed by atoms with Gasteiger partial charge in [0.1, 0.15) is 6.04 Å². The normalized spacial score (nSPS) is 16.9. The van der Waals surface area contributed by atoms with Crippen molar-refractivity contribution in [1.29, 1.82) is 0 Å². The number of nitrogens with one attached hydrogen (secondary N) is 1. The molecule has 2 aliphatic rings. The van der Waals surface area contributed by atoms with Crippen LogP contribution in [0.4, 0.5) is 5.69 Å². The van der Waals surface area contributed by atoms with Crippen molar-refractivity contribution < 1.29 is 14.3 Å². The molecule has 0 spiro atoms. The Kier molecular flexibility index (Phi) is 3.99. The van der Waals surface area contributed by atoms with E-state index in [1.165, 1.54) is 0 Å². The van der Waals surface area contributed by atoms with E-state index >= 15 is 0 Å². The van der Waals surface area contributed by atoms with Crippen LogP contribution in [0.1, 0.15) is 24.4 Å². The second-order valence-electron chi connectivity index (χ2n) is 6.09. The fourth-order valence-corrected chi connectivity index (χ4v) is 3.21. The molecule has 0 saturated carbocycles. The monoisotopic (exact) mass is 324 g/mol. The number of hydrogen-bond donors (Lipinski definition) is 1. The number of benzene rings is 2. The quantitative estimate of drug-likeness (QED) is 0.938. The van der Waals surface area contributed by atoms with Crippen molar-refractivity contribution >= 4 is 11.6 Å². The standard InChI is InChI=1S/C19H20N2O3/c22-19(21-10-4-5-11-21)18(14-6-2-1-3-7-14)20-15-8-9-16-17(12-15)24-13-23-16/h1-3,6-9,12,18,20H,4-5,10-11,13H2/t18-/m1/s1. The summed E-state index contributed by atoms with van der Waals surface area (Å²) in [5.74, 6) is 1.57. The molecule has 5 heteroatoms. The molecule has 1 atom stereocenters. The first-order valence-corrected chi connectivity index (χ1v) is 8.31. The predicted octanol–water partition coefficient (Wildman–Crippen LogP) is 3.19. The lowest BCUT2D eigenvalue weighted by Crippen LogP contribution is -2.36. The summed E-state index contributed by atoms with van der Waals surface area (Å²) in [4.78, 5) is 14.9. The van der Waals surface area contributed by atoms with Gasteiger partial charge < -0.3 is 19.7 Å². The molecule has 0 aromatic heterocycles. The summed E-state index contributed by atoms with van der Waals surface area (Å²) < 4.78 is 10.8. The molecule has 5 nitrogen and oxygen atoms in total. The van der Waals surface area contributed by atoms with Crippen LogP contribution >= 0.6 is 0 Å². The van der Waals surface area contributed by atoms with E-state index in [4.69, 9.17) is 9.47 Å². The Morgan fingerprint density at radius 3 is 2.54 bits per heavy atom. The van der Waals surface area contributed by atoms with Gasteiger partial charge in [0.05, 0.1) is 0 Å². The lowest BCUT2D eigenvalue weighted by atomic mass is 10.0. The zero-order valence-electron chi connectivity index (χ0n) is 13.4. The van der Waals surface area contributed by atoms with E-state index in [1.54, 1.807) is 0 Å². The van der Waals surface area contributed by atoms with Crippen molar-refractivity contribution in [3.63, 3.8) is 0 Å². The van der Waals surface area contributed by atoms with Gasteiger partial charge in [-0.2, -0.15) is 0 Å². The minimum atomic E-state index is -0.398. The van der Waals surface area contributed by atoms with Gasteiger partial charge in [0, 0.05) is 24.8 Å². The van der Waals surface area contributed by atoms with E-state index in [2.05, 4.69) is 5.32 Å². The average molecular weight is 324 g/mol. The minimum Gasteiger partial charge on any atom is -0.454 e. The molecule has 2 heterocycles. The van der Waals surface area contributed by atoms with E-state index in [9.17, 15) is 4.79 Å². The Morgan fingerprint density at radius 1 is 1.00 bits per heavy atom. The van der Waals surface area contributed by atoms with Gasteiger partial charge in [-0.15, -0.1) is 0 Å². The van der Waals surface area contributed by atoms with Crippen LogP contribution in [-0.2, 0) is 4.79 Å². The smallest absolute Gasteiger partial charge is 0.249 e. The summed E-state index contributed by atoms with van der Waals surface area (Å²) in [5.41, 5.74) is 1.81. The molecule has 24 heavy (non-hydrogen) atoms. The molecule has 0 radical (unpaired) electrons. The van der Waals surface area contributed by atoms with Crippen molar-refractivity contribution in [3.05, 3.63) is 54.1 Å². The van der Waals surface area contributed by atoms with Gasteiger partial charge in [-0.05, 0) is 30.5 Å². The largest absolute Gasteiger partial charge is 0.454 e. The number of ether oxygens (including phenoxy) is 2. The molecule has 1 amide bonds. The van der Waals surface area contributed by atoms with Crippen molar-refractivity contribution in [2.75, 3.05) is 25.2 Å². The zero-order chi connectivity index (χ0) is 16.4. The molecule has 1 fully saturated rings. The Labute approximate surface area is 141 Å². The molecule has 124 valence electrons. The van der Waals surface area contributed by atoms with Crippen LogP contribution < -0.4 is 14.8 Å². The second kappa shape index (κ2) is 6.43. The fraction of sp³-hybridized carbons (Fsp3) is 0.316. The lowest BCUT2D eigenvalue weighted by molar-refractivity contribution is -0.131. The molecule has 0 bridgehead atoms. The number of carbonyl (C=O) groups is 1. The SMILES string of the molecule is O=C([C@H](Nc1ccc2c(c1)OCO2)c1ccccc1)N1CCCC1. The highest BCUT2D eigenvalue weighted by molar-refractivity contribution is 5.86. The fourth-order valence-electron chi connectivity index (χ4n) is 3.21. The third-order valence-corrected chi connectivity index (χ3v) is 4.48. The van der Waals surface area contributed by atoms with Gasteiger partial charge in [0.15, 0.2) is 11.5 Å². The van der Waals surface area contributed by atoms with Crippen LogP contribution in [-0.4, -0.2) is 30.7 Å². The molecular formula is C19H20N2O3. The second-order valence-corrected chi connectivity index (χ2v) is 6.09. The molecule has 1 N–H and O–H groups in total. The zero-order valence-corrected chi connectivity index (χ0v) is 13.4. The predicted molar refractivity (Wildman–Crippen MR) is 91.2 cm³/mol. The maximum Gasteiger partial charge on any atom is 0.249 e. The van der Waals surface area contributed by atoms with Gasteiger partial charge in [0.2, 0.25) is 12.7 Å². The molecule has 4 rings (SSSR count). The summed E-state index contributed by atoms with van der Waals surface area (Å²) in [6.45, 7) is 1.92. The molecule has 0 unspecified atom stereocenters. The van der Waals surface area contributed by atoms with Crippen LogP contribution in [0.25, 0.3) is 0 Å². The summed E-state index contributed by atoms with van der Waals surface area (Å²) in [6.07, 6.45) is 2.16. The highest BCUT2D eigenvalue weighted by atomic mass is 16.7. The molecular weight excluding hydrogens is 304 g/mol. The van der Waals surface area contributed by atoms with Crippen molar-refractivity contribution in [2.45, 2.75) is 18.9 Å². The Bertz CT molecular complexity index is 727. The van der Waals surface area contributed by atoms with Gasteiger partial charge in [-0.3, -0.25) is 4.79 Å². The third-order valence-electron chi connectivity index (χ3n) is 4.48. The number of nitrogens with zero attached hydrogens (tertiary/aromatic N) is 1. The van der Waals surface area contributed by atoms with Crippen LogP contribution in [0.2, 0.25) is 0 Å². The lowest BCUT2D eigenvalue weighted by Gasteiger charge is -2.25. The third kappa shape index (κ3) is 2.89. The maximum absolute atomic E-state index is 13.0. The summed E-state index contributed by atoms with van der Waals surface area (Å²) in [5, 5.41) is 3.37. The van der Waals surface area contributed by atoms with Crippen LogP contribution in [0.3, 0.4) is 0 Å². The number of amides is 1. The molecule has 2 aliphatic heterocycles. The van der Waals surface area contributed by atoms with Crippen LogP contribution in [0, 0.1) is 0 Å². The average Bonchev–Trinajstić information content (AvgIpc) is 3.31. The number of carbonyl (C=O) groups excluding carboxylic acids is 1. The summed E-state index contributed by atoms with van der Waals surface area (Å²) in [7, 11) is 0. The number of fused-ring (bicyclic) bond motifs is 1. The molecule has 2 aromatic carbocycles. The van der Waals surface area contributed by atoms with E-state index in [-0.39, 0.29) is 12.7 Å². The van der Waals surface area contributed by atoms with E-state index in [0.29, 0.717) is 5.75 Å². The minimum absolute atomic E-state index is 0.122. The first-order chi connectivity index (χ1) is 11.8. The Hall–Kier alpha value is -2.69. The Balaban J connectivity index is 1.61. The van der Waals surface area contributed by atoms with Crippen molar-refractivity contribution in [2.24, 2.45) is 0 Å². The van der Waals surface area contributed by atoms with Crippen LogP contribution in [0.15, 0.2) is 48.5 Å². The number of likely N-dealkylation sites (tertiary alicyclic amines) is 1. The molecule has 0 aliphatic carbocycles. The first-order valence-electron chi connectivity index (χ1n) is 8.31.